The number of carboxylic acids is 1. The maximum Gasteiger partial charge on any atom is 0.356 e. The summed E-state index contributed by atoms with van der Waals surface area (Å²) in [5.74, 6) is -1.42. The van der Waals surface area contributed by atoms with Crippen molar-refractivity contribution in [2.24, 2.45) is 0 Å². The van der Waals surface area contributed by atoms with Crippen LogP contribution in [0.2, 0.25) is 0 Å². The third-order valence-corrected chi connectivity index (χ3v) is 6.49. The molecule has 2 fully saturated rings. The molecule has 1 N–H and O–H groups in total. The van der Waals surface area contributed by atoms with Gasteiger partial charge < -0.3 is 10.0 Å². The smallest absolute Gasteiger partial charge is 0.356 e. The van der Waals surface area contributed by atoms with Crippen LogP contribution in [0.15, 0.2) is 30.3 Å². The van der Waals surface area contributed by atoms with Crippen molar-refractivity contribution in [1.82, 2.24) is 19.9 Å². The second-order valence-electron chi connectivity index (χ2n) is 8.53. The minimum Gasteiger partial charge on any atom is -0.476 e. The molecule has 0 saturated heterocycles. The Bertz CT molecular complexity index is 850. The summed E-state index contributed by atoms with van der Waals surface area (Å²) >= 11 is 0. The first-order chi connectivity index (χ1) is 14.6. The lowest BCUT2D eigenvalue weighted by Crippen LogP contribution is -2.49. The number of hydrogen-bond acceptors (Lipinski definition) is 4. The van der Waals surface area contributed by atoms with Crippen LogP contribution in [0.5, 0.6) is 0 Å². The Morgan fingerprint density at radius 2 is 1.50 bits per heavy atom. The van der Waals surface area contributed by atoms with Gasteiger partial charge in [0.05, 0.1) is 6.54 Å². The third kappa shape index (κ3) is 4.40. The summed E-state index contributed by atoms with van der Waals surface area (Å²) in [5.41, 5.74) is 0.787. The van der Waals surface area contributed by atoms with E-state index in [1.54, 1.807) is 0 Å². The first-order valence-electron chi connectivity index (χ1n) is 11.2. The molecule has 0 aliphatic heterocycles. The van der Waals surface area contributed by atoms with Crippen molar-refractivity contribution < 1.29 is 14.7 Å². The molecule has 0 unspecified atom stereocenters. The minimum absolute atomic E-state index is 0.0189. The molecule has 160 valence electrons. The summed E-state index contributed by atoms with van der Waals surface area (Å²) in [6, 6.07) is 9.87. The lowest BCUT2D eigenvalue weighted by Gasteiger charge is -2.41. The fourth-order valence-electron chi connectivity index (χ4n) is 5.01. The summed E-state index contributed by atoms with van der Waals surface area (Å²) in [6.07, 6.45) is 10.8. The standard InChI is InChI=1S/C23H30N4O3/c28-22(27(18-12-6-2-7-13-18)19-14-8-3-9-15-19)20-21(23(29)30)26(25-24-20)16-17-10-4-1-5-11-17/h1,4-5,10-11,18-19H,2-3,6-9,12-16H2,(H,29,30). The molecule has 2 saturated carbocycles. The first-order valence-corrected chi connectivity index (χ1v) is 11.2. The van der Waals surface area contributed by atoms with Crippen LogP contribution in [-0.2, 0) is 6.54 Å². The molecule has 0 spiro atoms. The molecule has 0 bridgehead atoms. The minimum atomic E-state index is -1.16. The van der Waals surface area contributed by atoms with Crippen molar-refractivity contribution in [2.75, 3.05) is 0 Å². The number of hydrogen-bond donors (Lipinski definition) is 1. The van der Waals surface area contributed by atoms with Gasteiger partial charge in [0.2, 0.25) is 0 Å². The average molecular weight is 411 g/mol. The molecule has 1 aromatic heterocycles. The molecule has 2 aliphatic rings. The Balaban J connectivity index is 1.65. The van der Waals surface area contributed by atoms with Crippen LogP contribution >= 0.6 is 0 Å². The molecule has 0 atom stereocenters. The molecule has 7 heteroatoms. The van der Waals surface area contributed by atoms with E-state index in [9.17, 15) is 14.7 Å². The quantitative estimate of drug-likeness (QED) is 0.773. The lowest BCUT2D eigenvalue weighted by atomic mass is 9.88. The van der Waals surface area contributed by atoms with Gasteiger partial charge in [-0.3, -0.25) is 4.79 Å². The van der Waals surface area contributed by atoms with Crippen molar-refractivity contribution in [3.63, 3.8) is 0 Å². The molecule has 7 nitrogen and oxygen atoms in total. The van der Waals surface area contributed by atoms with E-state index in [0.717, 1.165) is 56.9 Å². The van der Waals surface area contributed by atoms with Gasteiger partial charge in [0.15, 0.2) is 11.4 Å². The molecule has 30 heavy (non-hydrogen) atoms. The maximum absolute atomic E-state index is 13.7. The Labute approximate surface area is 177 Å². The van der Waals surface area contributed by atoms with Crippen LogP contribution in [0, 0.1) is 0 Å². The van der Waals surface area contributed by atoms with Gasteiger partial charge in [-0.2, -0.15) is 0 Å². The zero-order valence-electron chi connectivity index (χ0n) is 17.4. The molecule has 2 aliphatic carbocycles. The molecule has 1 amide bonds. The fourth-order valence-corrected chi connectivity index (χ4v) is 5.01. The topological polar surface area (TPSA) is 88.3 Å². The number of rotatable bonds is 6. The number of amides is 1. The zero-order chi connectivity index (χ0) is 20.9. The van der Waals surface area contributed by atoms with Crippen molar-refractivity contribution in [2.45, 2.75) is 82.8 Å². The maximum atomic E-state index is 13.7. The number of aromatic nitrogens is 3. The highest BCUT2D eigenvalue weighted by atomic mass is 16.4. The van der Waals surface area contributed by atoms with Crippen LogP contribution in [0.25, 0.3) is 0 Å². The number of carboxylic acid groups (broad SMARTS) is 1. The van der Waals surface area contributed by atoms with E-state index in [0.29, 0.717) is 0 Å². The summed E-state index contributed by atoms with van der Waals surface area (Å²) < 4.78 is 1.34. The monoisotopic (exact) mass is 410 g/mol. The van der Waals surface area contributed by atoms with Gasteiger partial charge in [0, 0.05) is 12.1 Å². The van der Waals surface area contributed by atoms with Crippen molar-refractivity contribution in [3.8, 4) is 0 Å². The lowest BCUT2D eigenvalue weighted by molar-refractivity contribution is 0.0434. The van der Waals surface area contributed by atoms with Crippen LogP contribution in [-0.4, -0.2) is 49.0 Å². The summed E-state index contributed by atoms with van der Waals surface area (Å²) in [5, 5.41) is 18.0. The van der Waals surface area contributed by atoms with E-state index < -0.39 is 5.97 Å². The van der Waals surface area contributed by atoms with Crippen molar-refractivity contribution in [3.05, 3.63) is 47.3 Å². The largest absolute Gasteiger partial charge is 0.476 e. The Hall–Kier alpha value is -2.70. The number of nitrogens with zero attached hydrogens (tertiary/aromatic N) is 4. The molecule has 4 rings (SSSR count). The molecule has 1 aromatic carbocycles. The number of carbonyl (C=O) groups excluding carboxylic acids is 1. The van der Waals surface area contributed by atoms with Gasteiger partial charge in [-0.15, -0.1) is 5.10 Å². The summed E-state index contributed by atoms with van der Waals surface area (Å²) in [4.78, 5) is 27.8. The fraction of sp³-hybridized carbons (Fsp3) is 0.565. The molecular weight excluding hydrogens is 380 g/mol. The van der Waals surface area contributed by atoms with Gasteiger partial charge in [0.1, 0.15) is 0 Å². The predicted molar refractivity (Wildman–Crippen MR) is 112 cm³/mol. The Morgan fingerprint density at radius 3 is 2.03 bits per heavy atom. The van der Waals surface area contributed by atoms with Crippen LogP contribution in [0.4, 0.5) is 0 Å². The summed E-state index contributed by atoms with van der Waals surface area (Å²) in [7, 11) is 0. The van der Waals surface area contributed by atoms with Crippen LogP contribution < -0.4 is 0 Å². The number of aromatic carboxylic acids is 1. The van der Waals surface area contributed by atoms with E-state index in [1.165, 1.54) is 17.5 Å². The van der Waals surface area contributed by atoms with Crippen molar-refractivity contribution >= 4 is 11.9 Å². The predicted octanol–water partition coefficient (Wildman–Crippen LogP) is 4.13. The number of carbonyl (C=O) groups is 2. The molecular formula is C23H30N4O3. The summed E-state index contributed by atoms with van der Waals surface area (Å²) in [6.45, 7) is 0.273. The highest BCUT2D eigenvalue weighted by molar-refractivity contribution is 6.02. The number of benzene rings is 1. The second-order valence-corrected chi connectivity index (χ2v) is 8.53. The normalized spacial score (nSPS) is 18.3. The van der Waals surface area contributed by atoms with E-state index in [1.807, 2.05) is 35.2 Å². The Morgan fingerprint density at radius 1 is 0.933 bits per heavy atom. The third-order valence-electron chi connectivity index (χ3n) is 6.49. The van der Waals surface area contributed by atoms with E-state index >= 15 is 0 Å². The molecule has 0 radical (unpaired) electrons. The Kier molecular flexibility index (Phi) is 6.45. The van der Waals surface area contributed by atoms with Crippen molar-refractivity contribution in [1.29, 1.82) is 0 Å². The SMILES string of the molecule is O=C(O)c1c(C(=O)N(C2CCCCC2)C2CCCCC2)nnn1Cc1ccccc1. The van der Waals surface area contributed by atoms with Gasteiger partial charge >= 0.3 is 5.97 Å². The molecule has 2 aromatic rings. The van der Waals surface area contributed by atoms with Gasteiger partial charge in [-0.05, 0) is 31.2 Å². The van der Waals surface area contributed by atoms with Crippen LogP contribution in [0.1, 0.15) is 90.7 Å². The van der Waals surface area contributed by atoms with Gasteiger partial charge in [-0.25, -0.2) is 9.48 Å². The van der Waals surface area contributed by atoms with E-state index in [4.69, 9.17) is 0 Å². The van der Waals surface area contributed by atoms with E-state index in [-0.39, 0.29) is 35.9 Å². The highest BCUT2D eigenvalue weighted by Gasteiger charge is 2.37. The molecule has 1 heterocycles. The average Bonchev–Trinajstić information content (AvgIpc) is 3.20. The van der Waals surface area contributed by atoms with Gasteiger partial charge in [0.25, 0.3) is 5.91 Å². The van der Waals surface area contributed by atoms with Crippen LogP contribution in [0.3, 0.4) is 0 Å². The second kappa shape index (κ2) is 9.41. The highest BCUT2D eigenvalue weighted by Crippen LogP contribution is 2.31. The van der Waals surface area contributed by atoms with Gasteiger partial charge in [-0.1, -0.05) is 74.1 Å². The zero-order valence-corrected chi connectivity index (χ0v) is 17.4. The first kappa shape index (κ1) is 20.6. The van der Waals surface area contributed by atoms with E-state index in [2.05, 4.69) is 10.3 Å².